The molecule has 1 amide bonds. The van der Waals surface area contributed by atoms with E-state index in [1.165, 1.54) is 0 Å². The van der Waals surface area contributed by atoms with Gasteiger partial charge in [-0.25, -0.2) is 0 Å². The number of hydrogen-bond acceptors (Lipinski definition) is 3. The van der Waals surface area contributed by atoms with Crippen molar-refractivity contribution in [3.63, 3.8) is 0 Å². The minimum absolute atomic E-state index is 0.0473. The molecule has 0 spiro atoms. The third-order valence-electron chi connectivity index (χ3n) is 2.76. The summed E-state index contributed by atoms with van der Waals surface area (Å²) < 4.78 is 1.76. The van der Waals surface area contributed by atoms with Gasteiger partial charge in [0.05, 0.1) is 12.1 Å². The number of rotatable bonds is 7. The summed E-state index contributed by atoms with van der Waals surface area (Å²) in [6.07, 6.45) is 6.42. The molecule has 5 heteroatoms. The second-order valence-corrected chi connectivity index (χ2v) is 4.28. The summed E-state index contributed by atoms with van der Waals surface area (Å²) in [4.78, 5) is 11.7. The number of carbonyl (C=O) groups is 1. The Hall–Kier alpha value is -1.36. The SMILES string of the molecule is CCCC(CN)C(=O)NCCc1cnn(C)c1. The molecule has 0 aliphatic carbocycles. The van der Waals surface area contributed by atoms with Crippen LogP contribution in [0.15, 0.2) is 12.4 Å². The Bertz CT molecular complexity index is 348. The van der Waals surface area contributed by atoms with Gasteiger partial charge in [0, 0.05) is 26.3 Å². The van der Waals surface area contributed by atoms with Crippen molar-refractivity contribution >= 4 is 5.91 Å². The lowest BCUT2D eigenvalue weighted by atomic mass is 10.0. The van der Waals surface area contributed by atoms with Crippen LogP contribution in [0.1, 0.15) is 25.3 Å². The van der Waals surface area contributed by atoms with E-state index in [9.17, 15) is 4.79 Å². The van der Waals surface area contributed by atoms with Crippen molar-refractivity contribution in [3.05, 3.63) is 18.0 Å². The molecule has 0 radical (unpaired) electrons. The van der Waals surface area contributed by atoms with Crippen molar-refractivity contribution in [3.8, 4) is 0 Å². The normalized spacial score (nSPS) is 12.4. The lowest BCUT2D eigenvalue weighted by Gasteiger charge is -2.13. The molecule has 1 atom stereocenters. The van der Waals surface area contributed by atoms with Crippen LogP contribution in [0.4, 0.5) is 0 Å². The van der Waals surface area contributed by atoms with E-state index in [2.05, 4.69) is 17.3 Å². The largest absolute Gasteiger partial charge is 0.355 e. The van der Waals surface area contributed by atoms with Gasteiger partial charge in [-0.2, -0.15) is 5.10 Å². The fourth-order valence-corrected chi connectivity index (χ4v) is 1.78. The lowest BCUT2D eigenvalue weighted by molar-refractivity contribution is -0.124. The number of carbonyl (C=O) groups excluding carboxylic acids is 1. The van der Waals surface area contributed by atoms with Crippen LogP contribution in [0.25, 0.3) is 0 Å². The van der Waals surface area contributed by atoms with Gasteiger partial charge >= 0.3 is 0 Å². The summed E-state index contributed by atoms with van der Waals surface area (Å²) in [6, 6.07) is 0. The zero-order valence-electron chi connectivity index (χ0n) is 10.6. The molecule has 1 aromatic heterocycles. The number of aryl methyl sites for hydroxylation is 1. The molecule has 0 fully saturated rings. The van der Waals surface area contributed by atoms with E-state index in [1.807, 2.05) is 19.4 Å². The molecule has 96 valence electrons. The molecule has 0 aromatic carbocycles. The highest BCUT2D eigenvalue weighted by atomic mass is 16.1. The van der Waals surface area contributed by atoms with Gasteiger partial charge in [-0.1, -0.05) is 13.3 Å². The van der Waals surface area contributed by atoms with Gasteiger partial charge in [-0.3, -0.25) is 9.48 Å². The third-order valence-corrected chi connectivity index (χ3v) is 2.76. The highest BCUT2D eigenvalue weighted by Gasteiger charge is 2.14. The predicted molar refractivity (Wildman–Crippen MR) is 67.4 cm³/mol. The first kappa shape index (κ1) is 13.7. The summed E-state index contributed by atoms with van der Waals surface area (Å²) in [5, 5.41) is 7.00. The Morgan fingerprint density at radius 3 is 2.94 bits per heavy atom. The zero-order chi connectivity index (χ0) is 12.7. The minimum atomic E-state index is -0.0473. The van der Waals surface area contributed by atoms with Crippen molar-refractivity contribution in [2.24, 2.45) is 18.7 Å². The summed E-state index contributed by atoms with van der Waals surface area (Å²) in [5.41, 5.74) is 6.70. The molecular formula is C12H22N4O. The maximum absolute atomic E-state index is 11.7. The van der Waals surface area contributed by atoms with Gasteiger partial charge in [0.25, 0.3) is 0 Å². The first-order chi connectivity index (χ1) is 8.17. The topological polar surface area (TPSA) is 72.9 Å². The molecule has 1 heterocycles. The second kappa shape index (κ2) is 7.06. The molecule has 0 saturated heterocycles. The third kappa shape index (κ3) is 4.56. The van der Waals surface area contributed by atoms with Crippen LogP contribution in [0.3, 0.4) is 0 Å². The Labute approximate surface area is 102 Å². The first-order valence-electron chi connectivity index (χ1n) is 6.12. The van der Waals surface area contributed by atoms with Crippen LogP contribution in [-0.4, -0.2) is 28.8 Å². The highest BCUT2D eigenvalue weighted by Crippen LogP contribution is 2.04. The predicted octanol–water partition coefficient (Wildman–Crippen LogP) is 0.454. The number of nitrogens with two attached hydrogens (primary N) is 1. The van der Waals surface area contributed by atoms with Crippen LogP contribution in [0.5, 0.6) is 0 Å². The van der Waals surface area contributed by atoms with Crippen molar-refractivity contribution in [2.45, 2.75) is 26.2 Å². The summed E-state index contributed by atoms with van der Waals surface area (Å²) in [6.45, 7) is 3.13. The molecule has 1 unspecified atom stereocenters. The van der Waals surface area contributed by atoms with Crippen molar-refractivity contribution in [2.75, 3.05) is 13.1 Å². The monoisotopic (exact) mass is 238 g/mol. The maximum atomic E-state index is 11.7. The molecule has 1 aromatic rings. The van der Waals surface area contributed by atoms with Crippen LogP contribution < -0.4 is 11.1 Å². The van der Waals surface area contributed by atoms with Crippen LogP contribution in [-0.2, 0) is 18.3 Å². The molecule has 0 bridgehead atoms. The average molecular weight is 238 g/mol. The maximum Gasteiger partial charge on any atom is 0.224 e. The molecule has 0 aliphatic heterocycles. The molecule has 3 N–H and O–H groups in total. The smallest absolute Gasteiger partial charge is 0.224 e. The van der Waals surface area contributed by atoms with Crippen molar-refractivity contribution in [1.82, 2.24) is 15.1 Å². The van der Waals surface area contributed by atoms with E-state index in [-0.39, 0.29) is 11.8 Å². The van der Waals surface area contributed by atoms with Crippen LogP contribution in [0.2, 0.25) is 0 Å². The molecule has 5 nitrogen and oxygen atoms in total. The van der Waals surface area contributed by atoms with Crippen LogP contribution >= 0.6 is 0 Å². The fraction of sp³-hybridized carbons (Fsp3) is 0.667. The highest BCUT2D eigenvalue weighted by molar-refractivity contribution is 5.78. The summed E-state index contributed by atoms with van der Waals surface area (Å²) >= 11 is 0. The molecule has 1 rings (SSSR count). The first-order valence-corrected chi connectivity index (χ1v) is 6.12. The van der Waals surface area contributed by atoms with Gasteiger partial charge in [-0.15, -0.1) is 0 Å². The number of hydrogen-bond donors (Lipinski definition) is 2. The minimum Gasteiger partial charge on any atom is -0.355 e. The lowest BCUT2D eigenvalue weighted by Crippen LogP contribution is -2.36. The van der Waals surface area contributed by atoms with E-state index < -0.39 is 0 Å². The summed E-state index contributed by atoms with van der Waals surface area (Å²) in [5.74, 6) is 0.0205. The van der Waals surface area contributed by atoms with Crippen molar-refractivity contribution < 1.29 is 4.79 Å². The van der Waals surface area contributed by atoms with Gasteiger partial charge in [0.15, 0.2) is 0 Å². The Kier molecular flexibility index (Phi) is 5.69. The average Bonchev–Trinajstić information content (AvgIpc) is 2.71. The standard InChI is InChI=1S/C12H22N4O/c1-3-4-11(7-13)12(17)14-6-5-10-8-15-16(2)9-10/h8-9,11H,3-7,13H2,1-2H3,(H,14,17). The Morgan fingerprint density at radius 2 is 2.41 bits per heavy atom. The Morgan fingerprint density at radius 1 is 1.65 bits per heavy atom. The fourth-order valence-electron chi connectivity index (χ4n) is 1.78. The number of amides is 1. The quantitative estimate of drug-likeness (QED) is 0.724. The van der Waals surface area contributed by atoms with Gasteiger partial charge < -0.3 is 11.1 Å². The molecule has 0 aliphatic rings. The van der Waals surface area contributed by atoms with E-state index in [4.69, 9.17) is 5.73 Å². The molecule has 17 heavy (non-hydrogen) atoms. The van der Waals surface area contributed by atoms with Crippen LogP contribution in [0, 0.1) is 5.92 Å². The molecular weight excluding hydrogens is 216 g/mol. The van der Waals surface area contributed by atoms with E-state index in [1.54, 1.807) is 4.68 Å². The van der Waals surface area contributed by atoms with Crippen molar-refractivity contribution in [1.29, 1.82) is 0 Å². The Balaban J connectivity index is 2.28. The molecule has 0 saturated carbocycles. The van der Waals surface area contributed by atoms with Gasteiger partial charge in [0.2, 0.25) is 5.91 Å². The number of nitrogens with one attached hydrogen (secondary N) is 1. The zero-order valence-corrected chi connectivity index (χ0v) is 10.6. The van der Waals surface area contributed by atoms with Gasteiger partial charge in [0.1, 0.15) is 0 Å². The van der Waals surface area contributed by atoms with E-state index in [0.29, 0.717) is 13.1 Å². The van der Waals surface area contributed by atoms with E-state index in [0.717, 1.165) is 24.8 Å². The number of aromatic nitrogens is 2. The summed E-state index contributed by atoms with van der Waals surface area (Å²) in [7, 11) is 1.88. The van der Waals surface area contributed by atoms with E-state index >= 15 is 0 Å². The van der Waals surface area contributed by atoms with Gasteiger partial charge in [-0.05, 0) is 18.4 Å². The second-order valence-electron chi connectivity index (χ2n) is 4.28. The number of nitrogens with zero attached hydrogens (tertiary/aromatic N) is 2.